The number of rotatable bonds is 4. The van der Waals surface area contributed by atoms with E-state index in [1.54, 1.807) is 18.2 Å². The van der Waals surface area contributed by atoms with E-state index < -0.39 is 0 Å². The van der Waals surface area contributed by atoms with E-state index in [0.717, 1.165) is 12.1 Å². The summed E-state index contributed by atoms with van der Waals surface area (Å²) in [7, 11) is 0. The first-order chi connectivity index (χ1) is 7.66. The zero-order valence-corrected chi connectivity index (χ0v) is 10.0. The minimum atomic E-state index is -0.338. The van der Waals surface area contributed by atoms with Crippen molar-refractivity contribution in [3.8, 4) is 0 Å². The maximum Gasteiger partial charge on any atom is 0.148 e. The molecule has 2 rings (SSSR count). The topological polar surface area (TPSA) is 12.0 Å². The molecule has 1 aliphatic carbocycles. The molecule has 1 aliphatic rings. The smallest absolute Gasteiger partial charge is 0.148 e. The van der Waals surface area contributed by atoms with E-state index in [2.05, 4.69) is 5.32 Å². The molecule has 1 aromatic rings. The minimum absolute atomic E-state index is 0.178. The van der Waals surface area contributed by atoms with E-state index in [0.29, 0.717) is 11.6 Å². The second kappa shape index (κ2) is 4.98. The summed E-state index contributed by atoms with van der Waals surface area (Å²) in [5, 5.41) is 3.56. The van der Waals surface area contributed by atoms with Crippen LogP contribution in [0.4, 0.5) is 4.39 Å². The van der Waals surface area contributed by atoms with Crippen molar-refractivity contribution in [3.63, 3.8) is 0 Å². The van der Waals surface area contributed by atoms with Gasteiger partial charge in [-0.25, -0.2) is 4.39 Å². The number of hydrogen-bond acceptors (Lipinski definition) is 1. The molecule has 0 bridgehead atoms. The number of nitrogens with one attached hydrogen (secondary N) is 1. The lowest BCUT2D eigenvalue weighted by Crippen LogP contribution is -2.18. The molecular weight excluding hydrogens is 225 g/mol. The number of hydrogen-bond donors (Lipinski definition) is 1. The predicted molar refractivity (Wildman–Crippen MR) is 66.1 cm³/mol. The fraction of sp³-hybridized carbons (Fsp3) is 0.385. The molecule has 0 unspecified atom stereocenters. The van der Waals surface area contributed by atoms with Crippen LogP contribution in [0.25, 0.3) is 6.08 Å². The van der Waals surface area contributed by atoms with E-state index in [1.807, 2.05) is 13.0 Å². The summed E-state index contributed by atoms with van der Waals surface area (Å²) in [6.45, 7) is 2.81. The SMILES string of the molecule is C/C(=C/c1cccc(Cl)c1F)CNC1CC1. The van der Waals surface area contributed by atoms with Gasteiger partial charge in [0.2, 0.25) is 0 Å². The van der Waals surface area contributed by atoms with Gasteiger partial charge in [0.05, 0.1) is 5.02 Å². The van der Waals surface area contributed by atoms with Gasteiger partial charge in [-0.15, -0.1) is 0 Å². The molecule has 0 atom stereocenters. The lowest BCUT2D eigenvalue weighted by Gasteiger charge is -2.04. The predicted octanol–water partition coefficient (Wildman–Crippen LogP) is 3.63. The Balaban J connectivity index is 2.04. The van der Waals surface area contributed by atoms with Gasteiger partial charge < -0.3 is 5.32 Å². The summed E-state index contributed by atoms with van der Waals surface area (Å²) in [5.41, 5.74) is 1.68. The van der Waals surface area contributed by atoms with Crippen molar-refractivity contribution >= 4 is 17.7 Å². The largest absolute Gasteiger partial charge is 0.310 e. The molecule has 1 aromatic carbocycles. The van der Waals surface area contributed by atoms with Gasteiger partial charge in [0.25, 0.3) is 0 Å². The summed E-state index contributed by atoms with van der Waals surface area (Å²) in [5.74, 6) is -0.338. The number of halogens is 2. The van der Waals surface area contributed by atoms with Gasteiger partial charge in [-0.1, -0.05) is 35.4 Å². The maximum atomic E-state index is 13.6. The Labute approximate surface area is 100 Å². The van der Waals surface area contributed by atoms with Crippen molar-refractivity contribution in [2.24, 2.45) is 0 Å². The Morgan fingerprint density at radius 3 is 3.00 bits per heavy atom. The lowest BCUT2D eigenvalue weighted by molar-refractivity contribution is 0.625. The van der Waals surface area contributed by atoms with Crippen molar-refractivity contribution in [3.05, 3.63) is 40.2 Å². The van der Waals surface area contributed by atoms with Crippen LogP contribution in [0, 0.1) is 5.82 Å². The molecule has 0 amide bonds. The monoisotopic (exact) mass is 239 g/mol. The quantitative estimate of drug-likeness (QED) is 0.846. The first kappa shape index (κ1) is 11.6. The highest BCUT2D eigenvalue weighted by atomic mass is 35.5. The molecule has 3 heteroatoms. The third kappa shape index (κ3) is 3.06. The normalized spacial score (nSPS) is 16.6. The highest BCUT2D eigenvalue weighted by Crippen LogP contribution is 2.21. The Hall–Kier alpha value is -0.860. The van der Waals surface area contributed by atoms with Gasteiger partial charge in [0.1, 0.15) is 5.82 Å². The van der Waals surface area contributed by atoms with Crippen LogP contribution in [0.3, 0.4) is 0 Å². The molecule has 1 nitrogen and oxygen atoms in total. The average Bonchev–Trinajstić information content (AvgIpc) is 3.06. The fourth-order valence-corrected chi connectivity index (χ4v) is 1.72. The molecule has 86 valence electrons. The van der Waals surface area contributed by atoms with Crippen molar-refractivity contribution in [1.29, 1.82) is 0 Å². The van der Waals surface area contributed by atoms with E-state index in [-0.39, 0.29) is 10.8 Å². The van der Waals surface area contributed by atoms with Crippen LogP contribution in [0.15, 0.2) is 23.8 Å². The molecule has 0 aromatic heterocycles. The van der Waals surface area contributed by atoms with Crippen LogP contribution in [0.2, 0.25) is 5.02 Å². The van der Waals surface area contributed by atoms with Crippen molar-refractivity contribution < 1.29 is 4.39 Å². The highest BCUT2D eigenvalue weighted by Gasteiger charge is 2.19. The molecule has 0 radical (unpaired) electrons. The van der Waals surface area contributed by atoms with Gasteiger partial charge in [0.15, 0.2) is 0 Å². The zero-order chi connectivity index (χ0) is 11.5. The van der Waals surface area contributed by atoms with E-state index in [4.69, 9.17) is 11.6 Å². The van der Waals surface area contributed by atoms with E-state index in [1.165, 1.54) is 12.8 Å². The summed E-state index contributed by atoms with van der Waals surface area (Å²) in [6, 6.07) is 5.74. The second-order valence-corrected chi connectivity index (χ2v) is 4.70. The highest BCUT2D eigenvalue weighted by molar-refractivity contribution is 6.30. The summed E-state index contributed by atoms with van der Waals surface area (Å²) in [6.07, 6.45) is 4.37. The van der Waals surface area contributed by atoms with Crippen molar-refractivity contribution in [2.45, 2.75) is 25.8 Å². The third-order valence-electron chi connectivity index (χ3n) is 2.63. The van der Waals surface area contributed by atoms with Crippen LogP contribution >= 0.6 is 11.6 Å². The van der Waals surface area contributed by atoms with Crippen LogP contribution in [0.5, 0.6) is 0 Å². The second-order valence-electron chi connectivity index (χ2n) is 4.29. The molecule has 1 N–H and O–H groups in total. The van der Waals surface area contributed by atoms with Crippen LogP contribution < -0.4 is 5.32 Å². The van der Waals surface area contributed by atoms with Crippen molar-refractivity contribution in [2.75, 3.05) is 6.54 Å². The third-order valence-corrected chi connectivity index (χ3v) is 2.92. The van der Waals surface area contributed by atoms with Crippen LogP contribution in [0.1, 0.15) is 25.3 Å². The molecular formula is C13H15ClFN. The fourth-order valence-electron chi connectivity index (χ4n) is 1.54. The maximum absolute atomic E-state index is 13.6. The molecule has 0 spiro atoms. The average molecular weight is 240 g/mol. The standard InChI is InChI=1S/C13H15ClFN/c1-9(8-16-11-5-6-11)7-10-3-2-4-12(14)13(10)15/h2-4,7,11,16H,5-6,8H2,1H3/b9-7-. The molecule has 0 heterocycles. The van der Waals surface area contributed by atoms with E-state index in [9.17, 15) is 4.39 Å². The Morgan fingerprint density at radius 1 is 1.56 bits per heavy atom. The molecule has 0 aliphatic heterocycles. The van der Waals surface area contributed by atoms with Gasteiger partial charge in [-0.05, 0) is 25.8 Å². The Bertz CT molecular complexity index is 410. The molecule has 16 heavy (non-hydrogen) atoms. The zero-order valence-electron chi connectivity index (χ0n) is 9.26. The van der Waals surface area contributed by atoms with Gasteiger partial charge >= 0.3 is 0 Å². The Kier molecular flexibility index (Phi) is 3.62. The van der Waals surface area contributed by atoms with Gasteiger partial charge in [-0.2, -0.15) is 0 Å². The van der Waals surface area contributed by atoms with Crippen LogP contribution in [-0.2, 0) is 0 Å². The first-order valence-corrected chi connectivity index (χ1v) is 5.89. The summed E-state index contributed by atoms with van der Waals surface area (Å²) in [4.78, 5) is 0. The first-order valence-electron chi connectivity index (χ1n) is 5.51. The Morgan fingerprint density at radius 2 is 2.31 bits per heavy atom. The van der Waals surface area contributed by atoms with Gasteiger partial charge in [0, 0.05) is 18.2 Å². The molecule has 0 saturated heterocycles. The summed E-state index contributed by atoms with van der Waals surface area (Å²) >= 11 is 5.71. The minimum Gasteiger partial charge on any atom is -0.310 e. The van der Waals surface area contributed by atoms with Crippen molar-refractivity contribution in [1.82, 2.24) is 5.32 Å². The van der Waals surface area contributed by atoms with E-state index >= 15 is 0 Å². The molecule has 1 fully saturated rings. The van der Waals surface area contributed by atoms with Crippen LogP contribution in [-0.4, -0.2) is 12.6 Å². The number of benzene rings is 1. The van der Waals surface area contributed by atoms with Gasteiger partial charge in [-0.3, -0.25) is 0 Å². The lowest BCUT2D eigenvalue weighted by atomic mass is 10.1. The summed E-state index contributed by atoms with van der Waals surface area (Å²) < 4.78 is 13.6. The molecule has 1 saturated carbocycles.